The van der Waals surface area contributed by atoms with Gasteiger partial charge in [0.25, 0.3) is 0 Å². The highest BCUT2D eigenvalue weighted by Gasteiger charge is 2.19. The van der Waals surface area contributed by atoms with E-state index in [0.717, 1.165) is 44.4 Å². The molecule has 0 aliphatic heterocycles. The Balaban J connectivity index is 1.25. The lowest BCUT2D eigenvalue weighted by atomic mass is 9.93. The van der Waals surface area contributed by atoms with E-state index in [1.807, 2.05) is 0 Å². The van der Waals surface area contributed by atoms with Crippen molar-refractivity contribution in [3.8, 4) is 22.3 Å². The summed E-state index contributed by atoms with van der Waals surface area (Å²) in [5.74, 6) is 0. The van der Waals surface area contributed by atoms with Crippen LogP contribution in [0.5, 0.6) is 0 Å². The highest BCUT2D eigenvalue weighted by molar-refractivity contribution is 6.19. The summed E-state index contributed by atoms with van der Waals surface area (Å²) in [6.45, 7) is 0. The van der Waals surface area contributed by atoms with Crippen molar-refractivity contribution in [1.82, 2.24) is 0 Å². The molecule has 8 aromatic carbocycles. The molecule has 0 radical (unpaired) electrons. The van der Waals surface area contributed by atoms with Crippen molar-refractivity contribution in [2.24, 2.45) is 0 Å². The topological polar surface area (TPSA) is 16.4 Å². The molecule has 9 aromatic rings. The van der Waals surface area contributed by atoms with Crippen LogP contribution in [0.1, 0.15) is 0 Å². The molecule has 0 N–H and O–H groups in total. The molecule has 46 heavy (non-hydrogen) atoms. The van der Waals surface area contributed by atoms with Crippen molar-refractivity contribution in [1.29, 1.82) is 0 Å². The Kier molecular flexibility index (Phi) is 6.17. The van der Waals surface area contributed by atoms with Crippen LogP contribution < -0.4 is 4.90 Å². The zero-order valence-electron chi connectivity index (χ0n) is 25.1. The highest BCUT2D eigenvalue weighted by Crippen LogP contribution is 2.44. The van der Waals surface area contributed by atoms with Crippen molar-refractivity contribution in [2.75, 3.05) is 4.90 Å². The van der Waals surface area contributed by atoms with Gasteiger partial charge in [0.15, 0.2) is 0 Å². The van der Waals surface area contributed by atoms with Gasteiger partial charge in [0, 0.05) is 39.0 Å². The molecular weight excluding hydrogens is 558 g/mol. The van der Waals surface area contributed by atoms with E-state index in [4.69, 9.17) is 4.42 Å². The van der Waals surface area contributed by atoms with Crippen LogP contribution in [0.4, 0.5) is 17.1 Å². The molecule has 0 aliphatic carbocycles. The molecule has 9 rings (SSSR count). The van der Waals surface area contributed by atoms with E-state index in [1.165, 1.54) is 38.4 Å². The average molecular weight is 588 g/mol. The second kappa shape index (κ2) is 10.8. The summed E-state index contributed by atoms with van der Waals surface area (Å²) in [5, 5.41) is 6.94. The lowest BCUT2D eigenvalue weighted by molar-refractivity contribution is 0.673. The number of anilines is 3. The van der Waals surface area contributed by atoms with Gasteiger partial charge in [-0.1, -0.05) is 127 Å². The van der Waals surface area contributed by atoms with E-state index in [-0.39, 0.29) is 0 Å². The number of fused-ring (bicyclic) bond motifs is 6. The number of para-hydroxylation sites is 1. The third kappa shape index (κ3) is 4.35. The van der Waals surface area contributed by atoms with Gasteiger partial charge in [-0.2, -0.15) is 0 Å². The summed E-state index contributed by atoms with van der Waals surface area (Å²) in [6, 6.07) is 62.6. The number of benzene rings is 8. The molecule has 2 nitrogen and oxygen atoms in total. The fourth-order valence-electron chi connectivity index (χ4n) is 6.87. The molecule has 0 atom stereocenters. The molecule has 0 saturated carbocycles. The smallest absolute Gasteiger partial charge is 0.143 e. The van der Waals surface area contributed by atoms with E-state index in [0.29, 0.717) is 0 Å². The molecule has 1 aromatic heterocycles. The Bertz CT molecular complexity index is 2520. The van der Waals surface area contributed by atoms with Crippen molar-refractivity contribution in [3.63, 3.8) is 0 Å². The van der Waals surface area contributed by atoms with Crippen LogP contribution in [0.3, 0.4) is 0 Å². The van der Waals surface area contributed by atoms with Gasteiger partial charge in [0.05, 0.1) is 5.69 Å². The second-order valence-electron chi connectivity index (χ2n) is 11.7. The minimum Gasteiger partial charge on any atom is -0.455 e. The fraction of sp³-hybridized carbons (Fsp3) is 0. The van der Waals surface area contributed by atoms with Gasteiger partial charge in [-0.15, -0.1) is 0 Å². The summed E-state index contributed by atoms with van der Waals surface area (Å²) in [7, 11) is 0. The number of hydrogen-bond donors (Lipinski definition) is 0. The first kappa shape index (κ1) is 26.3. The number of nitrogens with zero attached hydrogens (tertiary/aromatic N) is 1. The van der Waals surface area contributed by atoms with Crippen LogP contribution in [0.2, 0.25) is 0 Å². The minimum atomic E-state index is 0.869. The first-order chi connectivity index (χ1) is 22.8. The first-order valence-corrected chi connectivity index (χ1v) is 15.7. The average Bonchev–Trinajstić information content (AvgIpc) is 3.50. The maximum atomic E-state index is 6.77. The third-order valence-corrected chi connectivity index (χ3v) is 9.02. The van der Waals surface area contributed by atoms with Crippen LogP contribution >= 0.6 is 0 Å². The quantitative estimate of drug-likeness (QED) is 0.199. The monoisotopic (exact) mass is 587 g/mol. The molecule has 0 spiro atoms. The van der Waals surface area contributed by atoms with Crippen LogP contribution in [0, 0.1) is 0 Å². The van der Waals surface area contributed by atoms with Crippen LogP contribution in [-0.4, -0.2) is 0 Å². The van der Waals surface area contributed by atoms with E-state index in [2.05, 4.69) is 181 Å². The van der Waals surface area contributed by atoms with Gasteiger partial charge in [-0.3, -0.25) is 0 Å². The van der Waals surface area contributed by atoms with E-state index >= 15 is 0 Å². The summed E-state index contributed by atoms with van der Waals surface area (Å²) >= 11 is 0. The lowest BCUT2D eigenvalue weighted by Gasteiger charge is -2.26. The van der Waals surface area contributed by atoms with Gasteiger partial charge in [0.2, 0.25) is 0 Å². The van der Waals surface area contributed by atoms with Crippen molar-refractivity contribution in [2.45, 2.75) is 0 Å². The molecule has 0 aliphatic rings. The largest absolute Gasteiger partial charge is 0.455 e. The Labute approximate surface area is 267 Å². The van der Waals surface area contributed by atoms with Gasteiger partial charge in [-0.05, 0) is 75.5 Å². The Morgan fingerprint density at radius 1 is 0.370 bits per heavy atom. The Hall–Kier alpha value is -6.12. The van der Waals surface area contributed by atoms with Crippen LogP contribution in [0.15, 0.2) is 180 Å². The third-order valence-electron chi connectivity index (χ3n) is 9.02. The molecule has 2 heteroatoms. The second-order valence-corrected chi connectivity index (χ2v) is 11.7. The summed E-state index contributed by atoms with van der Waals surface area (Å²) in [4.78, 5) is 2.33. The van der Waals surface area contributed by atoms with Gasteiger partial charge < -0.3 is 9.32 Å². The fourth-order valence-corrected chi connectivity index (χ4v) is 6.87. The van der Waals surface area contributed by atoms with Crippen molar-refractivity contribution in [3.05, 3.63) is 176 Å². The maximum Gasteiger partial charge on any atom is 0.143 e. The number of furan rings is 1. The number of rotatable bonds is 5. The zero-order chi connectivity index (χ0) is 30.5. The zero-order valence-corrected chi connectivity index (χ0v) is 25.1. The normalized spacial score (nSPS) is 11.5. The molecule has 0 unspecified atom stereocenters. The van der Waals surface area contributed by atoms with Gasteiger partial charge >= 0.3 is 0 Å². The van der Waals surface area contributed by atoms with Crippen molar-refractivity contribution < 1.29 is 4.42 Å². The first-order valence-electron chi connectivity index (χ1n) is 15.7. The lowest BCUT2D eigenvalue weighted by Crippen LogP contribution is -2.10. The molecule has 0 saturated heterocycles. The van der Waals surface area contributed by atoms with Crippen molar-refractivity contribution >= 4 is 60.5 Å². The van der Waals surface area contributed by atoms with Gasteiger partial charge in [-0.25, -0.2) is 0 Å². The highest BCUT2D eigenvalue weighted by atomic mass is 16.3. The summed E-state index contributed by atoms with van der Waals surface area (Å²) < 4.78 is 6.77. The summed E-state index contributed by atoms with van der Waals surface area (Å²) in [6.07, 6.45) is 0. The molecular formula is C44H29NO. The standard InChI is InChI=1S/C44H29NO/c1-3-13-30(14-4-1)32-17-11-18-33(27-32)40-29-41-38-26-25-35(28-43(38)46-44(41)39-23-10-9-22-37(39)40)45(34-19-5-2-6-20-34)42-24-12-16-31-15-7-8-21-36(31)42/h1-29H. The Morgan fingerprint density at radius 2 is 1.02 bits per heavy atom. The predicted molar refractivity (Wildman–Crippen MR) is 194 cm³/mol. The maximum absolute atomic E-state index is 6.77. The van der Waals surface area contributed by atoms with E-state index in [9.17, 15) is 0 Å². The van der Waals surface area contributed by atoms with Gasteiger partial charge in [0.1, 0.15) is 11.2 Å². The van der Waals surface area contributed by atoms with E-state index < -0.39 is 0 Å². The van der Waals surface area contributed by atoms with Crippen LogP contribution in [0.25, 0.3) is 65.7 Å². The molecule has 1 heterocycles. The molecule has 0 fully saturated rings. The number of hydrogen-bond acceptors (Lipinski definition) is 2. The predicted octanol–water partition coefficient (Wildman–Crippen LogP) is 12.7. The molecule has 0 bridgehead atoms. The summed E-state index contributed by atoms with van der Waals surface area (Å²) in [5.41, 5.74) is 9.88. The minimum absolute atomic E-state index is 0.869. The van der Waals surface area contributed by atoms with E-state index in [1.54, 1.807) is 0 Å². The molecule has 0 amide bonds. The van der Waals surface area contributed by atoms with Crippen LogP contribution in [-0.2, 0) is 0 Å². The molecule has 216 valence electrons. The Morgan fingerprint density at radius 3 is 1.87 bits per heavy atom. The SMILES string of the molecule is c1ccc(-c2cccc(-c3cc4c5ccc(N(c6ccccc6)c6cccc7ccccc67)cc5oc4c4ccccc34)c2)cc1.